The molecule has 4 heteroatoms. The molecular formula is C26H38O4. The maximum atomic E-state index is 8.97. The second kappa shape index (κ2) is 14.5. The molecule has 0 aliphatic rings. The molecule has 1 aromatic carbocycles. The zero-order chi connectivity index (χ0) is 22.4. The smallest absolute Gasteiger partial charge is 0.203 e. The fraction of sp³-hybridized carbons (Fsp3) is 0.462. The van der Waals surface area contributed by atoms with Crippen LogP contribution in [0.4, 0.5) is 0 Å². The Morgan fingerprint density at radius 3 is 1.97 bits per heavy atom. The summed E-state index contributed by atoms with van der Waals surface area (Å²) >= 11 is 0. The Kier molecular flexibility index (Phi) is 12.4. The van der Waals surface area contributed by atoms with E-state index in [0.29, 0.717) is 23.9 Å². The third kappa shape index (κ3) is 9.84. The van der Waals surface area contributed by atoms with E-state index < -0.39 is 0 Å². The molecule has 0 amide bonds. The van der Waals surface area contributed by atoms with Gasteiger partial charge in [-0.2, -0.15) is 0 Å². The van der Waals surface area contributed by atoms with Crippen LogP contribution in [-0.4, -0.2) is 32.5 Å². The molecule has 1 N–H and O–H groups in total. The zero-order valence-corrected chi connectivity index (χ0v) is 19.5. The number of hydrogen-bond acceptors (Lipinski definition) is 4. The molecule has 0 saturated carbocycles. The van der Waals surface area contributed by atoms with Crippen molar-refractivity contribution in [3.8, 4) is 17.2 Å². The van der Waals surface area contributed by atoms with Gasteiger partial charge in [0.05, 0.1) is 20.8 Å². The van der Waals surface area contributed by atoms with Crippen molar-refractivity contribution in [1.82, 2.24) is 0 Å². The van der Waals surface area contributed by atoms with Crippen LogP contribution in [0.5, 0.6) is 17.2 Å². The molecule has 0 radical (unpaired) electrons. The van der Waals surface area contributed by atoms with E-state index in [1.165, 1.54) is 16.7 Å². The molecule has 1 aromatic rings. The Balaban J connectivity index is 2.65. The molecule has 0 saturated heterocycles. The van der Waals surface area contributed by atoms with Gasteiger partial charge in [0.1, 0.15) is 6.61 Å². The van der Waals surface area contributed by atoms with Crippen LogP contribution in [0.15, 0.2) is 53.2 Å². The summed E-state index contributed by atoms with van der Waals surface area (Å²) < 4.78 is 16.9. The summed E-state index contributed by atoms with van der Waals surface area (Å²) in [7, 11) is 3.21. The summed E-state index contributed by atoms with van der Waals surface area (Å²) in [6, 6.07) is 3.73. The van der Waals surface area contributed by atoms with Gasteiger partial charge in [0.15, 0.2) is 11.5 Å². The number of aliphatic hydroxyl groups excluding tert-OH is 1. The first-order valence-electron chi connectivity index (χ1n) is 10.5. The number of benzene rings is 1. The van der Waals surface area contributed by atoms with Gasteiger partial charge in [0.2, 0.25) is 5.75 Å². The number of hydrogen-bond donors (Lipinski definition) is 1. The molecule has 30 heavy (non-hydrogen) atoms. The van der Waals surface area contributed by atoms with Gasteiger partial charge in [-0.25, -0.2) is 0 Å². The highest BCUT2D eigenvalue weighted by Crippen LogP contribution is 2.39. The van der Waals surface area contributed by atoms with Gasteiger partial charge in [0, 0.05) is 0 Å². The normalized spacial score (nSPS) is 12.2. The Hall–Kier alpha value is -2.46. The van der Waals surface area contributed by atoms with Crippen LogP contribution in [0.3, 0.4) is 0 Å². The van der Waals surface area contributed by atoms with E-state index >= 15 is 0 Å². The summed E-state index contributed by atoms with van der Waals surface area (Å²) in [4.78, 5) is 0. The predicted octanol–water partition coefficient (Wildman–Crippen LogP) is 6.51. The highest BCUT2D eigenvalue weighted by Gasteiger charge is 2.13. The highest BCUT2D eigenvalue weighted by molar-refractivity contribution is 5.62. The monoisotopic (exact) mass is 414 g/mol. The van der Waals surface area contributed by atoms with Crippen LogP contribution >= 0.6 is 0 Å². The maximum absolute atomic E-state index is 8.97. The van der Waals surface area contributed by atoms with E-state index in [0.717, 1.165) is 31.2 Å². The predicted molar refractivity (Wildman–Crippen MR) is 127 cm³/mol. The van der Waals surface area contributed by atoms with Crippen LogP contribution in [0.25, 0.3) is 6.08 Å². The van der Waals surface area contributed by atoms with E-state index in [-0.39, 0.29) is 6.61 Å². The molecule has 0 heterocycles. The lowest BCUT2D eigenvalue weighted by molar-refractivity contribution is 0.300. The largest absolute Gasteiger partial charge is 0.493 e. The Bertz CT molecular complexity index is 740. The number of allylic oxidation sites excluding steroid dienone is 5. The molecule has 0 spiro atoms. The standard InChI is InChI=1S/C26H38O4/c1-20(2)10-7-11-21(3)12-8-13-22(4)15-17-30-26-24(28-5)18-23(14-9-16-27)19-25(26)29-6/h9-10,12,14-15,18-19,27H,7-8,11,13,16-17H2,1-6H3/b14-9+,21-12+,22-15+. The molecule has 0 aliphatic carbocycles. The first-order chi connectivity index (χ1) is 14.4. The van der Waals surface area contributed by atoms with Crippen molar-refractivity contribution in [2.45, 2.75) is 53.4 Å². The molecule has 0 aromatic heterocycles. The molecule has 0 aliphatic heterocycles. The van der Waals surface area contributed by atoms with E-state index in [9.17, 15) is 0 Å². The van der Waals surface area contributed by atoms with Crippen molar-refractivity contribution in [1.29, 1.82) is 0 Å². The highest BCUT2D eigenvalue weighted by atomic mass is 16.5. The molecule has 0 fully saturated rings. The number of aliphatic hydroxyl groups is 1. The van der Waals surface area contributed by atoms with Gasteiger partial charge >= 0.3 is 0 Å². The minimum atomic E-state index is -0.0167. The lowest BCUT2D eigenvalue weighted by Crippen LogP contribution is -2.01. The summed E-state index contributed by atoms with van der Waals surface area (Å²) in [6.07, 6.45) is 14.5. The minimum absolute atomic E-state index is 0.0167. The average Bonchev–Trinajstić information content (AvgIpc) is 2.72. The van der Waals surface area contributed by atoms with Crippen LogP contribution in [0, 0.1) is 0 Å². The van der Waals surface area contributed by atoms with Gasteiger partial charge < -0.3 is 19.3 Å². The van der Waals surface area contributed by atoms with E-state index in [4.69, 9.17) is 19.3 Å². The van der Waals surface area contributed by atoms with Crippen LogP contribution in [-0.2, 0) is 0 Å². The van der Waals surface area contributed by atoms with E-state index in [1.807, 2.05) is 18.2 Å². The van der Waals surface area contributed by atoms with E-state index in [1.54, 1.807) is 20.3 Å². The quantitative estimate of drug-likeness (QED) is 0.374. The summed E-state index contributed by atoms with van der Waals surface area (Å²) in [5, 5.41) is 8.97. The first-order valence-corrected chi connectivity index (χ1v) is 10.5. The fourth-order valence-corrected chi connectivity index (χ4v) is 2.93. The number of rotatable bonds is 13. The molecular weight excluding hydrogens is 376 g/mol. The van der Waals surface area contributed by atoms with Crippen LogP contribution in [0.1, 0.15) is 58.9 Å². The lowest BCUT2D eigenvalue weighted by Gasteiger charge is -2.14. The molecule has 1 rings (SSSR count). The topological polar surface area (TPSA) is 47.9 Å². The van der Waals surface area contributed by atoms with Crippen molar-refractivity contribution in [3.05, 3.63) is 58.7 Å². The molecule has 0 bridgehead atoms. The van der Waals surface area contributed by atoms with Gasteiger partial charge in [-0.05, 0) is 77.2 Å². The van der Waals surface area contributed by atoms with E-state index in [2.05, 4.69) is 45.9 Å². The molecule has 0 atom stereocenters. The van der Waals surface area contributed by atoms with Crippen molar-refractivity contribution < 1.29 is 19.3 Å². The van der Waals surface area contributed by atoms with Crippen LogP contribution < -0.4 is 14.2 Å². The Morgan fingerprint density at radius 1 is 0.867 bits per heavy atom. The zero-order valence-electron chi connectivity index (χ0n) is 19.5. The Labute approximate surface area is 182 Å². The Morgan fingerprint density at radius 2 is 1.43 bits per heavy atom. The average molecular weight is 415 g/mol. The third-order valence-corrected chi connectivity index (χ3v) is 4.68. The van der Waals surface area contributed by atoms with Crippen molar-refractivity contribution in [2.24, 2.45) is 0 Å². The second-order valence-electron chi connectivity index (χ2n) is 7.61. The van der Waals surface area contributed by atoms with Gasteiger partial charge in [0.25, 0.3) is 0 Å². The van der Waals surface area contributed by atoms with Crippen LogP contribution in [0.2, 0.25) is 0 Å². The summed E-state index contributed by atoms with van der Waals surface area (Å²) in [5.74, 6) is 1.79. The molecule has 0 unspecified atom stereocenters. The van der Waals surface area contributed by atoms with Gasteiger partial charge in [-0.15, -0.1) is 0 Å². The number of methoxy groups -OCH3 is 2. The van der Waals surface area contributed by atoms with Crippen molar-refractivity contribution >= 4 is 6.08 Å². The second-order valence-corrected chi connectivity index (χ2v) is 7.61. The molecule has 166 valence electrons. The van der Waals surface area contributed by atoms with Gasteiger partial charge in [-0.3, -0.25) is 0 Å². The third-order valence-electron chi connectivity index (χ3n) is 4.68. The van der Waals surface area contributed by atoms with Crippen molar-refractivity contribution in [2.75, 3.05) is 27.4 Å². The molecule has 4 nitrogen and oxygen atoms in total. The summed E-state index contributed by atoms with van der Waals surface area (Å²) in [6.45, 7) is 9.06. The van der Waals surface area contributed by atoms with Crippen molar-refractivity contribution in [3.63, 3.8) is 0 Å². The first kappa shape index (κ1) is 25.6. The van der Waals surface area contributed by atoms with Gasteiger partial charge in [-0.1, -0.05) is 41.0 Å². The maximum Gasteiger partial charge on any atom is 0.203 e. The number of ether oxygens (including phenoxy) is 3. The fourth-order valence-electron chi connectivity index (χ4n) is 2.93. The lowest BCUT2D eigenvalue weighted by atomic mass is 10.1. The minimum Gasteiger partial charge on any atom is -0.493 e. The summed E-state index contributed by atoms with van der Waals surface area (Å²) in [5.41, 5.74) is 5.00. The SMILES string of the molecule is COc1cc(/C=C/CO)cc(OC)c1OC/C=C(\C)CC/C=C(\C)CCC=C(C)C.